The lowest BCUT2D eigenvalue weighted by Crippen LogP contribution is -2.38. The average molecular weight is 341 g/mol. The van der Waals surface area contributed by atoms with Gasteiger partial charge in [0.1, 0.15) is 0 Å². The second kappa shape index (κ2) is 6.26. The fourth-order valence-electron chi connectivity index (χ4n) is 2.25. The minimum atomic E-state index is -0.455. The molecule has 5 nitrogen and oxygen atoms in total. The Bertz CT molecular complexity index is 533. The minimum absolute atomic E-state index is 0.00485. The van der Waals surface area contributed by atoms with Crippen LogP contribution in [0.15, 0.2) is 22.7 Å². The zero-order chi connectivity index (χ0) is 14.7. The van der Waals surface area contributed by atoms with Gasteiger partial charge < -0.3 is 15.0 Å². The molecule has 2 rings (SSSR count). The average Bonchev–Trinajstić information content (AvgIpc) is 2.89. The van der Waals surface area contributed by atoms with E-state index < -0.39 is 6.09 Å². The summed E-state index contributed by atoms with van der Waals surface area (Å²) in [7, 11) is 1.33. The highest BCUT2D eigenvalue weighted by Crippen LogP contribution is 2.20. The lowest BCUT2D eigenvalue weighted by atomic mass is 10.1. The van der Waals surface area contributed by atoms with Gasteiger partial charge in [0.25, 0.3) is 5.91 Å². The Morgan fingerprint density at radius 1 is 1.45 bits per heavy atom. The monoisotopic (exact) mass is 340 g/mol. The fourth-order valence-corrected chi connectivity index (χ4v) is 2.50. The van der Waals surface area contributed by atoms with Gasteiger partial charge in [-0.1, -0.05) is 15.9 Å². The second-order valence-electron chi connectivity index (χ2n) is 4.84. The van der Waals surface area contributed by atoms with E-state index in [0.717, 1.165) is 16.5 Å². The van der Waals surface area contributed by atoms with Crippen molar-refractivity contribution in [1.82, 2.24) is 10.2 Å². The van der Waals surface area contributed by atoms with E-state index in [1.165, 1.54) is 7.11 Å². The predicted octanol–water partition coefficient (Wildman–Crippen LogP) is 2.33. The minimum Gasteiger partial charge on any atom is -0.453 e. The van der Waals surface area contributed by atoms with Gasteiger partial charge in [-0.25, -0.2) is 4.79 Å². The van der Waals surface area contributed by atoms with Gasteiger partial charge >= 0.3 is 6.09 Å². The van der Waals surface area contributed by atoms with Crippen LogP contribution < -0.4 is 5.32 Å². The summed E-state index contributed by atoms with van der Waals surface area (Å²) in [4.78, 5) is 25.3. The highest BCUT2D eigenvalue weighted by molar-refractivity contribution is 9.10. The number of methoxy groups -OCH3 is 1. The highest BCUT2D eigenvalue weighted by atomic mass is 79.9. The molecule has 1 aliphatic heterocycles. The lowest BCUT2D eigenvalue weighted by Gasteiger charge is -2.17. The standard InChI is InChI=1S/C14H17BrN2O3/c1-9-7-10(3-4-12(9)15)13(18)17-6-5-11(8-17)16-14(19)20-2/h3-4,7,11H,5-6,8H2,1-2H3,(H,16,19). The Morgan fingerprint density at radius 2 is 2.20 bits per heavy atom. The number of nitrogens with one attached hydrogen (secondary N) is 1. The Hall–Kier alpha value is -1.56. The van der Waals surface area contributed by atoms with Gasteiger partial charge in [0, 0.05) is 23.1 Å². The normalized spacial score (nSPS) is 17.9. The van der Waals surface area contributed by atoms with E-state index in [9.17, 15) is 9.59 Å². The van der Waals surface area contributed by atoms with Crippen LogP contribution in [0.4, 0.5) is 4.79 Å². The maximum absolute atomic E-state index is 12.4. The van der Waals surface area contributed by atoms with Gasteiger partial charge in [-0.05, 0) is 37.1 Å². The quantitative estimate of drug-likeness (QED) is 0.898. The van der Waals surface area contributed by atoms with Crippen LogP contribution in [-0.4, -0.2) is 43.1 Å². The van der Waals surface area contributed by atoms with Crippen molar-refractivity contribution in [2.75, 3.05) is 20.2 Å². The van der Waals surface area contributed by atoms with Gasteiger partial charge in [-0.3, -0.25) is 4.79 Å². The SMILES string of the molecule is COC(=O)NC1CCN(C(=O)c2ccc(Br)c(C)c2)C1. The molecular weight excluding hydrogens is 324 g/mol. The number of nitrogens with zero attached hydrogens (tertiary/aromatic N) is 1. The zero-order valence-electron chi connectivity index (χ0n) is 11.5. The summed E-state index contributed by atoms with van der Waals surface area (Å²) in [5.74, 6) is -0.00485. The maximum atomic E-state index is 12.4. The number of hydrogen-bond acceptors (Lipinski definition) is 3. The predicted molar refractivity (Wildman–Crippen MR) is 78.7 cm³/mol. The summed E-state index contributed by atoms with van der Waals surface area (Å²) in [6.45, 7) is 3.11. The number of rotatable bonds is 2. The third-order valence-corrected chi connectivity index (χ3v) is 4.28. The molecule has 1 atom stereocenters. The molecule has 1 aliphatic rings. The summed E-state index contributed by atoms with van der Waals surface area (Å²) in [5, 5.41) is 2.72. The van der Waals surface area contributed by atoms with Crippen LogP contribution in [0.25, 0.3) is 0 Å². The van der Waals surface area contributed by atoms with Crippen LogP contribution in [0.3, 0.4) is 0 Å². The number of likely N-dealkylation sites (tertiary alicyclic amines) is 1. The number of halogens is 1. The van der Waals surface area contributed by atoms with Crippen LogP contribution in [0, 0.1) is 6.92 Å². The Kier molecular flexibility index (Phi) is 4.65. The van der Waals surface area contributed by atoms with Crippen molar-refractivity contribution in [3.05, 3.63) is 33.8 Å². The second-order valence-corrected chi connectivity index (χ2v) is 5.69. The number of aryl methyl sites for hydroxylation is 1. The molecule has 1 aromatic carbocycles. The molecular formula is C14H17BrN2O3. The third-order valence-electron chi connectivity index (χ3n) is 3.39. The molecule has 0 aliphatic carbocycles. The van der Waals surface area contributed by atoms with Gasteiger partial charge in [0.15, 0.2) is 0 Å². The molecule has 0 bridgehead atoms. The van der Waals surface area contributed by atoms with Crippen LogP contribution in [0.2, 0.25) is 0 Å². The summed E-state index contributed by atoms with van der Waals surface area (Å²) in [6.07, 6.45) is 0.292. The number of carbonyl (C=O) groups excluding carboxylic acids is 2. The van der Waals surface area contributed by atoms with E-state index in [0.29, 0.717) is 18.7 Å². The van der Waals surface area contributed by atoms with E-state index >= 15 is 0 Å². The molecule has 1 N–H and O–H groups in total. The molecule has 20 heavy (non-hydrogen) atoms. The largest absolute Gasteiger partial charge is 0.453 e. The topological polar surface area (TPSA) is 58.6 Å². The van der Waals surface area contributed by atoms with Crippen LogP contribution in [0.5, 0.6) is 0 Å². The van der Waals surface area contributed by atoms with Gasteiger partial charge in [-0.15, -0.1) is 0 Å². The molecule has 2 amide bonds. The van der Waals surface area contributed by atoms with Crippen molar-refractivity contribution >= 4 is 27.9 Å². The molecule has 0 radical (unpaired) electrons. The highest BCUT2D eigenvalue weighted by Gasteiger charge is 2.28. The van der Waals surface area contributed by atoms with E-state index in [-0.39, 0.29) is 11.9 Å². The summed E-state index contributed by atoms with van der Waals surface area (Å²) >= 11 is 3.42. The number of amides is 2. The number of alkyl carbamates (subject to hydrolysis) is 1. The molecule has 0 spiro atoms. The van der Waals surface area contributed by atoms with Gasteiger partial charge in [0.05, 0.1) is 13.2 Å². The molecule has 6 heteroatoms. The molecule has 0 saturated carbocycles. The number of hydrogen-bond donors (Lipinski definition) is 1. The molecule has 1 aromatic rings. The molecule has 1 unspecified atom stereocenters. The van der Waals surface area contributed by atoms with Crippen molar-refractivity contribution in [2.45, 2.75) is 19.4 Å². The number of benzene rings is 1. The van der Waals surface area contributed by atoms with Crippen molar-refractivity contribution in [1.29, 1.82) is 0 Å². The Balaban J connectivity index is 2.00. The van der Waals surface area contributed by atoms with Crippen LogP contribution in [-0.2, 0) is 4.74 Å². The first kappa shape index (κ1) is 14.8. The molecule has 0 aromatic heterocycles. The zero-order valence-corrected chi connectivity index (χ0v) is 13.1. The first-order chi connectivity index (χ1) is 9.51. The lowest BCUT2D eigenvalue weighted by molar-refractivity contribution is 0.0788. The molecule has 1 saturated heterocycles. The number of ether oxygens (including phenoxy) is 1. The first-order valence-electron chi connectivity index (χ1n) is 6.41. The van der Waals surface area contributed by atoms with Gasteiger partial charge in [0.2, 0.25) is 0 Å². The fraction of sp³-hybridized carbons (Fsp3) is 0.429. The number of carbonyl (C=O) groups is 2. The van der Waals surface area contributed by atoms with Crippen molar-refractivity contribution in [2.24, 2.45) is 0 Å². The maximum Gasteiger partial charge on any atom is 0.407 e. The van der Waals surface area contributed by atoms with Crippen molar-refractivity contribution < 1.29 is 14.3 Å². The molecule has 1 heterocycles. The van der Waals surface area contributed by atoms with Gasteiger partial charge in [-0.2, -0.15) is 0 Å². The molecule has 108 valence electrons. The summed E-state index contributed by atoms with van der Waals surface area (Å²) in [5.41, 5.74) is 1.70. The Labute approximate surface area is 126 Å². The smallest absolute Gasteiger partial charge is 0.407 e. The van der Waals surface area contributed by atoms with E-state index in [1.54, 1.807) is 11.0 Å². The van der Waals surface area contributed by atoms with E-state index in [4.69, 9.17) is 0 Å². The van der Waals surface area contributed by atoms with Crippen molar-refractivity contribution in [3.8, 4) is 0 Å². The summed E-state index contributed by atoms with van der Waals surface area (Å²) in [6, 6.07) is 5.51. The molecule has 1 fully saturated rings. The van der Waals surface area contributed by atoms with Crippen molar-refractivity contribution in [3.63, 3.8) is 0 Å². The Morgan fingerprint density at radius 3 is 2.85 bits per heavy atom. The first-order valence-corrected chi connectivity index (χ1v) is 7.20. The van der Waals surface area contributed by atoms with E-state index in [1.807, 2.05) is 19.1 Å². The summed E-state index contributed by atoms with van der Waals surface area (Å²) < 4.78 is 5.55. The van der Waals surface area contributed by atoms with Crippen LogP contribution in [0.1, 0.15) is 22.3 Å². The van der Waals surface area contributed by atoms with E-state index in [2.05, 4.69) is 26.0 Å². The van der Waals surface area contributed by atoms with Crippen LogP contribution >= 0.6 is 15.9 Å². The third kappa shape index (κ3) is 3.30.